The summed E-state index contributed by atoms with van der Waals surface area (Å²) in [6.07, 6.45) is 0. The molecule has 0 fully saturated rings. The van der Waals surface area contributed by atoms with Gasteiger partial charge in [0.15, 0.2) is 0 Å². The summed E-state index contributed by atoms with van der Waals surface area (Å²) in [6, 6.07) is 0. The fraction of sp³-hybridized carbons (Fsp3) is 1.00. The van der Waals surface area contributed by atoms with Crippen LogP contribution >= 0.6 is 8.45 Å². The molecular weight excluding hydrogens is 292 g/mol. The van der Waals surface area contributed by atoms with Gasteiger partial charge in [-0.15, -0.1) is 0 Å². The first-order chi connectivity index (χ1) is 2.77. The van der Waals surface area contributed by atoms with Crippen molar-refractivity contribution < 1.29 is 0 Å². The van der Waals surface area contributed by atoms with Crippen LogP contribution in [0.25, 0.3) is 0 Å². The molecule has 0 nitrogen and oxygen atoms in total. The van der Waals surface area contributed by atoms with E-state index in [1.54, 1.807) is 0 Å². The Balaban J connectivity index is 2.63. The fourth-order valence-corrected chi connectivity index (χ4v) is 3.32. The summed E-state index contributed by atoms with van der Waals surface area (Å²) in [5.41, 5.74) is 0. The standard InChI is InChI=1S/C4H9.ClH.Po/c1-4(2)3;;/h4H,1H2,2-3H3;1H;/q;;+1/p-1. The first-order valence-corrected chi connectivity index (χ1v) is 8.16. The minimum atomic E-state index is -0.354. The van der Waals surface area contributed by atoms with Crippen LogP contribution in [0.4, 0.5) is 0 Å². The van der Waals surface area contributed by atoms with Gasteiger partial charge in [-0.3, -0.25) is 0 Å². The predicted octanol–water partition coefficient (Wildman–Crippen LogP) is 1.92. The normalized spacial score (nSPS) is 10.0. The molecule has 2 heteroatoms. The van der Waals surface area contributed by atoms with Crippen LogP contribution in [0.3, 0.4) is 0 Å². The number of hydrogen-bond donors (Lipinski definition) is 0. The van der Waals surface area contributed by atoms with E-state index in [1.165, 1.54) is 4.08 Å². The van der Waals surface area contributed by atoms with Gasteiger partial charge in [-0.05, 0) is 0 Å². The molecule has 0 aliphatic carbocycles. The molecule has 0 N–H and O–H groups in total. The van der Waals surface area contributed by atoms with Crippen LogP contribution < -0.4 is 0 Å². The minimum absolute atomic E-state index is 0.354. The van der Waals surface area contributed by atoms with Gasteiger partial charge in [0, 0.05) is 0 Å². The van der Waals surface area contributed by atoms with Gasteiger partial charge in [-0.25, -0.2) is 0 Å². The zero-order chi connectivity index (χ0) is 4.99. The molecule has 6 heavy (non-hydrogen) atoms. The SMILES string of the molecule is CC(C)[CH2][Po][Cl]. The zero-order valence-electron chi connectivity index (χ0n) is 4.07. The van der Waals surface area contributed by atoms with Crippen molar-refractivity contribution in [3.05, 3.63) is 0 Å². The molecule has 0 amide bonds. The number of halogens is 1. The van der Waals surface area contributed by atoms with Crippen molar-refractivity contribution in [1.82, 2.24) is 0 Å². The molecule has 0 spiro atoms. The van der Waals surface area contributed by atoms with Gasteiger partial charge in [-0.1, -0.05) is 0 Å². The Morgan fingerprint density at radius 2 is 2.17 bits per heavy atom. The third-order valence-electron chi connectivity index (χ3n) is 0.396. The molecular formula is C4H9ClPo. The molecule has 0 saturated heterocycles. The van der Waals surface area contributed by atoms with Crippen LogP contribution in [0.2, 0.25) is 4.08 Å². The summed E-state index contributed by atoms with van der Waals surface area (Å²) in [5.74, 6) is 0.840. The van der Waals surface area contributed by atoms with Gasteiger partial charge in [0.25, 0.3) is 0 Å². The Hall–Kier alpha value is 1.19. The molecule has 0 rings (SSSR count). The number of hydrogen-bond acceptors (Lipinski definition) is 0. The van der Waals surface area contributed by atoms with Crippen LogP contribution in [0, 0.1) is 5.92 Å². The molecule has 0 aromatic carbocycles. The van der Waals surface area contributed by atoms with Crippen molar-refractivity contribution >= 4 is 30.8 Å². The molecule has 0 aliphatic rings. The summed E-state index contributed by atoms with van der Waals surface area (Å²) in [4.78, 5) is 0. The van der Waals surface area contributed by atoms with E-state index >= 15 is 0 Å². The topological polar surface area (TPSA) is 0 Å². The Kier molecular flexibility index (Phi) is 5.21. The molecule has 0 unspecified atom stereocenters. The van der Waals surface area contributed by atoms with E-state index in [0.29, 0.717) is 0 Å². The summed E-state index contributed by atoms with van der Waals surface area (Å²) < 4.78 is 1.31. The molecule has 0 aromatic heterocycles. The quantitative estimate of drug-likeness (QED) is 0.731. The van der Waals surface area contributed by atoms with Crippen LogP contribution in [-0.2, 0) is 0 Å². The third kappa shape index (κ3) is 5.19. The molecule has 38 valence electrons. The third-order valence-corrected chi connectivity index (χ3v) is 4.58. The van der Waals surface area contributed by atoms with Crippen LogP contribution in [0.1, 0.15) is 13.8 Å². The van der Waals surface area contributed by atoms with E-state index in [1.807, 2.05) is 0 Å². The molecule has 0 heterocycles. The second-order valence-electron chi connectivity index (χ2n) is 1.67. The maximum absolute atomic E-state index is 5.56. The molecule has 0 bridgehead atoms. The number of rotatable bonds is 2. The summed E-state index contributed by atoms with van der Waals surface area (Å²) >= 11 is -0.354. The van der Waals surface area contributed by atoms with Gasteiger partial charge in [-0.2, -0.15) is 0 Å². The zero-order valence-corrected chi connectivity index (χ0v) is 8.00. The van der Waals surface area contributed by atoms with E-state index < -0.39 is 0 Å². The van der Waals surface area contributed by atoms with Gasteiger partial charge in [0.2, 0.25) is 0 Å². The van der Waals surface area contributed by atoms with E-state index in [9.17, 15) is 0 Å². The van der Waals surface area contributed by atoms with Gasteiger partial charge in [0.05, 0.1) is 0 Å². The van der Waals surface area contributed by atoms with Crippen LogP contribution in [0.5, 0.6) is 0 Å². The van der Waals surface area contributed by atoms with E-state index in [4.69, 9.17) is 8.45 Å². The van der Waals surface area contributed by atoms with E-state index in [2.05, 4.69) is 13.8 Å². The van der Waals surface area contributed by atoms with Crippen molar-refractivity contribution in [3.63, 3.8) is 0 Å². The van der Waals surface area contributed by atoms with Crippen molar-refractivity contribution in [1.29, 1.82) is 0 Å². The Labute approximate surface area is 54.6 Å². The molecule has 0 atom stereocenters. The maximum atomic E-state index is 5.56. The van der Waals surface area contributed by atoms with Crippen molar-refractivity contribution in [2.45, 2.75) is 17.9 Å². The van der Waals surface area contributed by atoms with Gasteiger partial charge >= 0.3 is 54.7 Å². The average Bonchev–Trinajstić information content (AvgIpc) is 1.35. The summed E-state index contributed by atoms with van der Waals surface area (Å²) in [7, 11) is 5.56. The average molecular weight is 302 g/mol. The van der Waals surface area contributed by atoms with Gasteiger partial charge in [0.1, 0.15) is 0 Å². The summed E-state index contributed by atoms with van der Waals surface area (Å²) in [6.45, 7) is 4.42. The molecule has 0 radical (unpaired) electrons. The Morgan fingerprint density at radius 1 is 1.67 bits per heavy atom. The Bertz CT molecular complexity index is 28.7. The second-order valence-corrected chi connectivity index (χ2v) is 5.73. The molecule has 0 aromatic rings. The van der Waals surface area contributed by atoms with Crippen molar-refractivity contribution in [3.8, 4) is 0 Å². The first-order valence-electron chi connectivity index (χ1n) is 2.01. The summed E-state index contributed by atoms with van der Waals surface area (Å²) in [5, 5.41) is 0. The van der Waals surface area contributed by atoms with Crippen LogP contribution in [0.15, 0.2) is 0 Å². The predicted molar refractivity (Wildman–Crippen MR) is 31.3 cm³/mol. The molecule has 0 aliphatic heterocycles. The van der Waals surface area contributed by atoms with Crippen LogP contribution in [-0.4, -0.2) is 22.4 Å². The van der Waals surface area contributed by atoms with Gasteiger partial charge < -0.3 is 0 Å². The second kappa shape index (κ2) is 4.35. The van der Waals surface area contributed by atoms with Crippen molar-refractivity contribution in [2.75, 3.05) is 0 Å². The monoisotopic (exact) mass is 301 g/mol. The molecule has 0 saturated carbocycles. The van der Waals surface area contributed by atoms with E-state index in [0.717, 1.165) is 5.92 Å². The van der Waals surface area contributed by atoms with E-state index in [-0.39, 0.29) is 22.4 Å². The fourth-order valence-electron chi connectivity index (χ4n) is 0.126. The first kappa shape index (κ1) is 7.19. The van der Waals surface area contributed by atoms with Crippen molar-refractivity contribution in [2.24, 2.45) is 5.92 Å². The Morgan fingerprint density at radius 3 is 2.17 bits per heavy atom.